The fourth-order valence-corrected chi connectivity index (χ4v) is 3.91. The predicted octanol–water partition coefficient (Wildman–Crippen LogP) is 1.43. The van der Waals surface area contributed by atoms with E-state index in [2.05, 4.69) is 5.32 Å². The molecule has 1 saturated heterocycles. The normalized spacial score (nSPS) is 20.3. The lowest BCUT2D eigenvalue weighted by molar-refractivity contribution is -0.120. The molecule has 6 nitrogen and oxygen atoms in total. The van der Waals surface area contributed by atoms with Gasteiger partial charge in [-0.2, -0.15) is 0 Å². The molecule has 1 aliphatic heterocycles. The van der Waals surface area contributed by atoms with Crippen LogP contribution in [0.2, 0.25) is 0 Å². The Morgan fingerprint density at radius 2 is 2.14 bits per heavy atom. The number of carbonyl (C=O) groups excluding carboxylic acids is 1. The molecule has 1 aromatic heterocycles. The number of thioether (sulfide) groups is 1. The third-order valence-corrected chi connectivity index (χ3v) is 6.28. The van der Waals surface area contributed by atoms with Crippen molar-refractivity contribution < 1.29 is 17.6 Å². The first-order chi connectivity index (χ1) is 9.91. The number of nitrogens with one attached hydrogen (secondary N) is 1. The molecule has 1 fully saturated rings. The number of carbonyl (C=O) groups is 1. The summed E-state index contributed by atoms with van der Waals surface area (Å²) in [5, 5.41) is 2.73. The van der Waals surface area contributed by atoms with Gasteiger partial charge in [0.05, 0.1) is 11.0 Å². The standard InChI is InChI=1S/C13H20N2O4S2/c1-15(2)21(17,18)12-7-6-10(19-12)9-20-11-5-3-4-8-14-13(11)16/h6-7,11H,3-5,8-9H2,1-2H3,(H,14,16). The molecule has 2 heterocycles. The first-order valence-electron chi connectivity index (χ1n) is 6.82. The minimum Gasteiger partial charge on any atom is -0.447 e. The van der Waals surface area contributed by atoms with E-state index >= 15 is 0 Å². The van der Waals surface area contributed by atoms with Crippen LogP contribution in [0.4, 0.5) is 0 Å². The second-order valence-corrected chi connectivity index (χ2v) is 8.37. The highest BCUT2D eigenvalue weighted by atomic mass is 32.2. The smallest absolute Gasteiger partial charge is 0.275 e. The van der Waals surface area contributed by atoms with Crippen LogP contribution in [-0.2, 0) is 20.6 Å². The van der Waals surface area contributed by atoms with Crippen LogP contribution in [0.3, 0.4) is 0 Å². The minimum atomic E-state index is -3.54. The summed E-state index contributed by atoms with van der Waals surface area (Å²) in [5.41, 5.74) is 0. The van der Waals surface area contributed by atoms with E-state index < -0.39 is 10.0 Å². The van der Waals surface area contributed by atoms with Gasteiger partial charge >= 0.3 is 0 Å². The first-order valence-corrected chi connectivity index (χ1v) is 9.30. The zero-order valence-corrected chi connectivity index (χ0v) is 13.8. The summed E-state index contributed by atoms with van der Waals surface area (Å²) in [5.74, 6) is 1.11. The number of nitrogens with zero attached hydrogens (tertiary/aromatic N) is 1. The molecule has 1 unspecified atom stereocenters. The lowest BCUT2D eigenvalue weighted by Crippen LogP contribution is -2.30. The van der Waals surface area contributed by atoms with E-state index in [9.17, 15) is 13.2 Å². The van der Waals surface area contributed by atoms with Gasteiger partial charge in [0.15, 0.2) is 0 Å². The van der Waals surface area contributed by atoms with E-state index in [1.165, 1.54) is 31.9 Å². The Morgan fingerprint density at radius 3 is 2.86 bits per heavy atom. The maximum atomic E-state index is 11.9. The Kier molecular flexibility index (Phi) is 5.34. The summed E-state index contributed by atoms with van der Waals surface area (Å²) in [7, 11) is -0.617. The van der Waals surface area contributed by atoms with Gasteiger partial charge in [-0.25, -0.2) is 12.7 Å². The molecule has 1 aromatic rings. The van der Waals surface area contributed by atoms with Crippen molar-refractivity contribution in [2.24, 2.45) is 0 Å². The van der Waals surface area contributed by atoms with E-state index in [4.69, 9.17) is 4.42 Å². The van der Waals surface area contributed by atoms with Crippen LogP contribution in [0.15, 0.2) is 21.6 Å². The summed E-state index contributed by atoms with van der Waals surface area (Å²) >= 11 is 1.49. The van der Waals surface area contributed by atoms with Gasteiger partial charge in [-0.15, -0.1) is 11.8 Å². The van der Waals surface area contributed by atoms with Gasteiger partial charge in [0.1, 0.15) is 5.76 Å². The van der Waals surface area contributed by atoms with Crippen molar-refractivity contribution in [2.75, 3.05) is 20.6 Å². The van der Waals surface area contributed by atoms with Gasteiger partial charge in [-0.05, 0) is 25.0 Å². The summed E-state index contributed by atoms with van der Waals surface area (Å²) < 4.78 is 30.3. The number of amides is 1. The van der Waals surface area contributed by atoms with Crippen LogP contribution in [0.1, 0.15) is 25.0 Å². The summed E-state index contributed by atoms with van der Waals surface area (Å²) in [6.07, 6.45) is 2.88. The number of hydrogen-bond donors (Lipinski definition) is 1. The van der Waals surface area contributed by atoms with Crippen molar-refractivity contribution in [1.29, 1.82) is 0 Å². The third kappa shape index (κ3) is 4.02. The highest BCUT2D eigenvalue weighted by Crippen LogP contribution is 2.26. The van der Waals surface area contributed by atoms with Gasteiger partial charge < -0.3 is 9.73 Å². The molecular weight excluding hydrogens is 312 g/mol. The molecule has 0 spiro atoms. The first kappa shape index (κ1) is 16.4. The number of hydrogen-bond acceptors (Lipinski definition) is 5. The van der Waals surface area contributed by atoms with Gasteiger partial charge in [-0.1, -0.05) is 6.42 Å². The Hall–Kier alpha value is -0.990. The summed E-state index contributed by atoms with van der Waals surface area (Å²) in [6.45, 7) is 0.738. The van der Waals surface area contributed by atoms with Crippen molar-refractivity contribution >= 4 is 27.7 Å². The lowest BCUT2D eigenvalue weighted by Gasteiger charge is -2.11. The SMILES string of the molecule is CN(C)S(=O)(=O)c1ccc(CSC2CCCCNC2=O)o1. The van der Waals surface area contributed by atoms with Crippen molar-refractivity contribution in [3.8, 4) is 0 Å². The molecule has 0 saturated carbocycles. The molecule has 2 rings (SSSR count). The second kappa shape index (κ2) is 6.85. The fraction of sp³-hybridized carbons (Fsp3) is 0.615. The molecule has 0 bridgehead atoms. The van der Waals surface area contributed by atoms with Crippen LogP contribution in [0.25, 0.3) is 0 Å². The maximum absolute atomic E-state index is 11.9. The average Bonchev–Trinajstić information content (AvgIpc) is 2.82. The monoisotopic (exact) mass is 332 g/mol. The molecule has 0 aromatic carbocycles. The average molecular weight is 332 g/mol. The van der Waals surface area contributed by atoms with Crippen LogP contribution in [0.5, 0.6) is 0 Å². The fourth-order valence-electron chi connectivity index (χ4n) is 2.01. The molecular formula is C13H20N2O4S2. The highest BCUT2D eigenvalue weighted by molar-refractivity contribution is 7.99. The van der Waals surface area contributed by atoms with Gasteiger partial charge in [0.2, 0.25) is 11.0 Å². The van der Waals surface area contributed by atoms with Crippen molar-refractivity contribution in [1.82, 2.24) is 9.62 Å². The molecule has 8 heteroatoms. The molecule has 21 heavy (non-hydrogen) atoms. The molecule has 0 radical (unpaired) electrons. The van der Waals surface area contributed by atoms with Gasteiger partial charge in [-0.3, -0.25) is 4.79 Å². The molecule has 1 amide bonds. The van der Waals surface area contributed by atoms with Gasteiger partial charge in [0, 0.05) is 20.6 Å². The van der Waals surface area contributed by atoms with Crippen molar-refractivity contribution in [3.05, 3.63) is 17.9 Å². The maximum Gasteiger partial charge on any atom is 0.275 e. The highest BCUT2D eigenvalue weighted by Gasteiger charge is 2.24. The molecule has 118 valence electrons. The Morgan fingerprint density at radius 1 is 1.38 bits per heavy atom. The second-order valence-electron chi connectivity index (χ2n) is 5.09. The number of sulfonamides is 1. The van der Waals surface area contributed by atoms with Gasteiger partial charge in [0.25, 0.3) is 10.0 Å². The summed E-state index contributed by atoms with van der Waals surface area (Å²) in [4.78, 5) is 11.8. The number of furan rings is 1. The van der Waals surface area contributed by atoms with Crippen LogP contribution in [-0.4, -0.2) is 44.5 Å². The lowest BCUT2D eigenvalue weighted by atomic mass is 10.2. The number of rotatable bonds is 5. The van der Waals surface area contributed by atoms with Crippen LogP contribution < -0.4 is 5.32 Å². The largest absolute Gasteiger partial charge is 0.447 e. The quantitative estimate of drug-likeness (QED) is 0.882. The molecule has 0 aliphatic carbocycles. The van der Waals surface area contributed by atoms with Crippen molar-refractivity contribution in [2.45, 2.75) is 35.4 Å². The van der Waals surface area contributed by atoms with E-state index in [1.807, 2.05) is 0 Å². The van der Waals surface area contributed by atoms with Crippen LogP contribution in [0, 0.1) is 0 Å². The molecule has 1 aliphatic rings. The predicted molar refractivity (Wildman–Crippen MR) is 81.5 cm³/mol. The Balaban J connectivity index is 1.98. The van der Waals surface area contributed by atoms with E-state index in [1.54, 1.807) is 6.07 Å². The van der Waals surface area contributed by atoms with Crippen molar-refractivity contribution in [3.63, 3.8) is 0 Å². The van der Waals surface area contributed by atoms with Crippen LogP contribution >= 0.6 is 11.8 Å². The third-order valence-electron chi connectivity index (χ3n) is 3.28. The van der Waals surface area contributed by atoms with E-state index in [0.717, 1.165) is 30.1 Å². The Bertz CT molecular complexity index is 595. The molecule has 1 N–H and O–H groups in total. The zero-order chi connectivity index (χ0) is 15.5. The zero-order valence-electron chi connectivity index (χ0n) is 12.2. The van der Waals surface area contributed by atoms with E-state index in [-0.39, 0.29) is 16.2 Å². The summed E-state index contributed by atoms with van der Waals surface area (Å²) in [6, 6.07) is 3.11. The Labute approximate surface area is 129 Å². The molecule has 1 atom stereocenters. The van der Waals surface area contributed by atoms with E-state index in [0.29, 0.717) is 11.5 Å². The topological polar surface area (TPSA) is 79.6 Å². The minimum absolute atomic E-state index is 0.0604.